The molecule has 2 aliphatic heterocycles. The number of rotatable bonds is 5. The summed E-state index contributed by atoms with van der Waals surface area (Å²) in [5.74, 6) is 0.00162. The van der Waals surface area contributed by atoms with Gasteiger partial charge in [0.15, 0.2) is 0 Å². The van der Waals surface area contributed by atoms with E-state index in [2.05, 4.69) is 5.32 Å². The molecule has 0 aromatic carbocycles. The lowest BCUT2D eigenvalue weighted by Crippen LogP contribution is -2.49. The van der Waals surface area contributed by atoms with Crippen LogP contribution in [0.5, 0.6) is 0 Å². The fraction of sp³-hybridized carbons (Fsp3) is 0.941. The summed E-state index contributed by atoms with van der Waals surface area (Å²) in [4.78, 5) is 11.9. The number of amides is 1. The number of aliphatic hydroxyl groups is 1. The maximum absolute atomic E-state index is 11.9. The number of carbonyl (C=O) groups is 1. The van der Waals surface area contributed by atoms with Gasteiger partial charge in [0.25, 0.3) is 0 Å². The molecule has 0 aromatic rings. The Labute approximate surface area is 144 Å². The molecule has 2 saturated heterocycles. The van der Waals surface area contributed by atoms with Gasteiger partial charge in [-0.3, -0.25) is 4.79 Å². The molecule has 0 radical (unpaired) electrons. The number of carbonyl (C=O) groups excluding carboxylic acids is 1. The Kier molecular flexibility index (Phi) is 7.43. The predicted molar refractivity (Wildman–Crippen MR) is 91.3 cm³/mol. The molecule has 1 spiro atoms. The van der Waals surface area contributed by atoms with Gasteiger partial charge >= 0.3 is 0 Å². The third-order valence-electron chi connectivity index (χ3n) is 5.68. The Bertz CT molecular complexity index is 393. The van der Waals surface area contributed by atoms with E-state index >= 15 is 0 Å². The molecular weight excluding hydrogens is 310 g/mol. The normalized spacial score (nSPS) is 27.0. The molecule has 140 valence electrons. The van der Waals surface area contributed by atoms with E-state index in [-0.39, 0.29) is 12.5 Å². The minimum absolute atomic E-state index is 0.00162. The van der Waals surface area contributed by atoms with Crippen molar-refractivity contribution in [2.75, 3.05) is 46.1 Å². The molecule has 2 heterocycles. The van der Waals surface area contributed by atoms with E-state index in [1.807, 2.05) is 0 Å². The van der Waals surface area contributed by atoms with Crippen LogP contribution in [0.3, 0.4) is 0 Å². The summed E-state index contributed by atoms with van der Waals surface area (Å²) < 4.78 is 10.5. The summed E-state index contributed by atoms with van der Waals surface area (Å²) in [5, 5.41) is 11.4. The van der Waals surface area contributed by atoms with Crippen LogP contribution in [0.1, 0.15) is 38.5 Å². The van der Waals surface area contributed by atoms with Crippen molar-refractivity contribution in [1.82, 2.24) is 5.32 Å². The quantitative estimate of drug-likeness (QED) is 0.511. The van der Waals surface area contributed by atoms with E-state index in [4.69, 9.17) is 26.0 Å². The fourth-order valence-electron chi connectivity index (χ4n) is 3.49. The highest BCUT2D eigenvalue weighted by atomic mass is 16.5. The minimum Gasteiger partial charge on any atom is -0.396 e. The average molecular weight is 343 g/mol. The van der Waals surface area contributed by atoms with Crippen LogP contribution < -0.4 is 16.8 Å². The molecule has 1 aliphatic carbocycles. The highest BCUT2D eigenvalue weighted by Crippen LogP contribution is 2.51. The van der Waals surface area contributed by atoms with Crippen molar-refractivity contribution < 1.29 is 19.4 Å². The summed E-state index contributed by atoms with van der Waals surface area (Å²) in [5.41, 5.74) is 11.5. The second-order valence-corrected chi connectivity index (χ2v) is 7.22. The molecule has 24 heavy (non-hydrogen) atoms. The Balaban J connectivity index is 0.000000194. The molecule has 1 unspecified atom stereocenters. The van der Waals surface area contributed by atoms with Crippen LogP contribution in [-0.2, 0) is 14.3 Å². The second-order valence-electron chi connectivity index (χ2n) is 7.22. The summed E-state index contributed by atoms with van der Waals surface area (Å²) in [6.07, 6.45) is 5.62. The Morgan fingerprint density at radius 3 is 2.08 bits per heavy atom. The van der Waals surface area contributed by atoms with Crippen LogP contribution in [0.2, 0.25) is 0 Å². The Hall–Kier alpha value is -0.730. The second kappa shape index (κ2) is 9.10. The van der Waals surface area contributed by atoms with Gasteiger partial charge < -0.3 is 31.4 Å². The zero-order valence-corrected chi connectivity index (χ0v) is 14.6. The number of ether oxygens (including phenoxy) is 2. The summed E-state index contributed by atoms with van der Waals surface area (Å²) in [7, 11) is 0. The van der Waals surface area contributed by atoms with Crippen molar-refractivity contribution in [2.24, 2.45) is 22.3 Å². The van der Waals surface area contributed by atoms with Crippen molar-refractivity contribution in [1.29, 1.82) is 0 Å². The number of nitrogens with one attached hydrogen (secondary N) is 1. The fourth-order valence-corrected chi connectivity index (χ4v) is 3.49. The SMILES string of the molecule is NC1CC12CCOCC2.NCC1(C(=O)NCCCO)CCOCC1. The van der Waals surface area contributed by atoms with Gasteiger partial charge in [-0.05, 0) is 43.9 Å². The zero-order chi connectivity index (χ0) is 17.5. The van der Waals surface area contributed by atoms with E-state index in [0.717, 1.165) is 13.2 Å². The number of hydrogen-bond acceptors (Lipinski definition) is 6. The Morgan fingerprint density at radius 1 is 1.12 bits per heavy atom. The maximum Gasteiger partial charge on any atom is 0.227 e. The molecule has 6 N–H and O–H groups in total. The van der Waals surface area contributed by atoms with Crippen LogP contribution in [-0.4, -0.2) is 63.2 Å². The van der Waals surface area contributed by atoms with Gasteiger partial charge in [-0.25, -0.2) is 0 Å². The zero-order valence-electron chi connectivity index (χ0n) is 14.6. The molecule has 3 fully saturated rings. The first-order valence-electron chi connectivity index (χ1n) is 9.09. The molecule has 0 aromatic heterocycles. The smallest absolute Gasteiger partial charge is 0.227 e. The number of nitrogens with two attached hydrogens (primary N) is 2. The van der Waals surface area contributed by atoms with Crippen LogP contribution in [0.15, 0.2) is 0 Å². The molecule has 7 nitrogen and oxygen atoms in total. The maximum atomic E-state index is 11.9. The van der Waals surface area contributed by atoms with Gasteiger partial charge in [0.05, 0.1) is 5.41 Å². The van der Waals surface area contributed by atoms with Crippen LogP contribution in [0, 0.1) is 10.8 Å². The molecule has 3 aliphatic rings. The minimum atomic E-state index is -0.451. The number of hydrogen-bond donors (Lipinski definition) is 4. The molecule has 0 bridgehead atoms. The topological polar surface area (TPSA) is 120 Å². The largest absolute Gasteiger partial charge is 0.396 e. The van der Waals surface area contributed by atoms with Crippen molar-refractivity contribution in [2.45, 2.75) is 44.6 Å². The molecule has 1 amide bonds. The van der Waals surface area contributed by atoms with Crippen molar-refractivity contribution in [3.63, 3.8) is 0 Å². The van der Waals surface area contributed by atoms with Crippen molar-refractivity contribution >= 4 is 5.91 Å². The van der Waals surface area contributed by atoms with E-state index in [9.17, 15) is 4.79 Å². The summed E-state index contributed by atoms with van der Waals surface area (Å²) in [6, 6.07) is 0.501. The van der Waals surface area contributed by atoms with Gasteiger partial charge in [0.2, 0.25) is 5.91 Å². The standard InChI is InChI=1S/C10H20N2O3.C7H13NO/c11-8-10(2-6-15-7-3-10)9(14)12-4-1-5-13;8-6-5-7(6)1-3-9-4-2-7/h13H,1-8,11H2,(H,12,14);6H,1-5,8H2. The first kappa shape index (κ1) is 19.6. The van der Waals surface area contributed by atoms with Gasteiger partial charge in [0, 0.05) is 52.2 Å². The summed E-state index contributed by atoms with van der Waals surface area (Å²) >= 11 is 0. The molecule has 7 heteroatoms. The van der Waals surface area contributed by atoms with Gasteiger partial charge in [-0.2, -0.15) is 0 Å². The van der Waals surface area contributed by atoms with Crippen LogP contribution in [0.25, 0.3) is 0 Å². The highest BCUT2D eigenvalue weighted by Gasteiger charge is 2.51. The van der Waals surface area contributed by atoms with Gasteiger partial charge in [-0.1, -0.05) is 0 Å². The van der Waals surface area contributed by atoms with Crippen molar-refractivity contribution in [3.05, 3.63) is 0 Å². The third-order valence-corrected chi connectivity index (χ3v) is 5.68. The van der Waals surface area contributed by atoms with Gasteiger partial charge in [-0.15, -0.1) is 0 Å². The average Bonchev–Trinajstić information content (AvgIpc) is 3.24. The third kappa shape index (κ3) is 4.89. The molecule has 1 atom stereocenters. The molecular formula is C17H33N3O4. The van der Waals surface area contributed by atoms with E-state index in [0.29, 0.717) is 57.0 Å². The van der Waals surface area contributed by atoms with E-state index in [1.54, 1.807) is 0 Å². The lowest BCUT2D eigenvalue weighted by Gasteiger charge is -2.34. The van der Waals surface area contributed by atoms with Crippen LogP contribution >= 0.6 is 0 Å². The lowest BCUT2D eigenvalue weighted by molar-refractivity contribution is -0.135. The lowest BCUT2D eigenvalue weighted by atomic mass is 9.79. The monoisotopic (exact) mass is 343 g/mol. The molecule has 1 saturated carbocycles. The van der Waals surface area contributed by atoms with Crippen LogP contribution in [0.4, 0.5) is 0 Å². The highest BCUT2D eigenvalue weighted by molar-refractivity contribution is 5.83. The molecule has 3 rings (SSSR count). The van der Waals surface area contributed by atoms with Gasteiger partial charge in [0.1, 0.15) is 0 Å². The first-order chi connectivity index (χ1) is 11.6. The first-order valence-corrected chi connectivity index (χ1v) is 9.09. The van der Waals surface area contributed by atoms with E-state index < -0.39 is 5.41 Å². The Morgan fingerprint density at radius 2 is 1.67 bits per heavy atom. The van der Waals surface area contributed by atoms with Crippen molar-refractivity contribution in [3.8, 4) is 0 Å². The number of aliphatic hydroxyl groups excluding tert-OH is 1. The summed E-state index contributed by atoms with van der Waals surface area (Å²) in [6.45, 7) is 4.05. The predicted octanol–water partition coefficient (Wildman–Crippen LogP) is -0.245. The van der Waals surface area contributed by atoms with E-state index in [1.165, 1.54) is 19.3 Å².